The van der Waals surface area contributed by atoms with Gasteiger partial charge in [-0.05, 0) is 42.5 Å². The molecule has 0 atom stereocenters. The number of benzene rings is 1. The highest BCUT2D eigenvalue weighted by Crippen LogP contribution is 2.34. The maximum absolute atomic E-state index is 12.2. The van der Waals surface area contributed by atoms with Gasteiger partial charge in [0.1, 0.15) is 0 Å². The molecule has 1 heterocycles. The number of phenolic OH excluding ortho intramolecular Hbond substituents is 1. The van der Waals surface area contributed by atoms with E-state index >= 15 is 0 Å². The molecule has 1 aliphatic rings. The number of ether oxygens (including phenoxy) is 1. The lowest BCUT2D eigenvalue weighted by Crippen LogP contribution is -2.30. The molecule has 0 spiro atoms. The summed E-state index contributed by atoms with van der Waals surface area (Å²) in [7, 11) is 0. The smallest absolute Gasteiger partial charge is 0.305 e. The van der Waals surface area contributed by atoms with Gasteiger partial charge in [-0.1, -0.05) is 6.07 Å². The number of aliphatic carboxylic acids is 1. The number of rotatable bonds is 6. The first-order valence-electron chi connectivity index (χ1n) is 6.85. The number of hydrogen-bond acceptors (Lipinski definition) is 6. The van der Waals surface area contributed by atoms with Gasteiger partial charge in [0.2, 0.25) is 0 Å². The van der Waals surface area contributed by atoms with Crippen molar-refractivity contribution >= 4 is 35.0 Å². The standard InChI is InChI=1S/C15H15NO6S/c1-2-22-11-7-9(3-4-10(11)17)8-12-14(20)16(15(21)23-12)6-5-13(18)19/h3-4,7-8,17H,2,5-6H2,1H3,(H,18,19). The van der Waals surface area contributed by atoms with Gasteiger partial charge in [-0.2, -0.15) is 0 Å². The third kappa shape index (κ3) is 4.04. The number of imide groups is 1. The zero-order valence-corrected chi connectivity index (χ0v) is 13.1. The first kappa shape index (κ1) is 16.9. The molecule has 0 bridgehead atoms. The van der Waals surface area contributed by atoms with Gasteiger partial charge in [0, 0.05) is 6.54 Å². The minimum absolute atomic E-state index is 0.0152. The largest absolute Gasteiger partial charge is 0.504 e. The van der Waals surface area contributed by atoms with E-state index in [0.29, 0.717) is 12.2 Å². The zero-order chi connectivity index (χ0) is 17.0. The van der Waals surface area contributed by atoms with Gasteiger partial charge >= 0.3 is 5.97 Å². The van der Waals surface area contributed by atoms with Crippen LogP contribution < -0.4 is 4.74 Å². The van der Waals surface area contributed by atoms with E-state index in [0.717, 1.165) is 16.7 Å². The number of carbonyl (C=O) groups is 3. The number of phenols is 1. The second-order valence-corrected chi connectivity index (χ2v) is 5.63. The molecular formula is C15H15NO6S. The molecule has 2 rings (SSSR count). The second kappa shape index (κ2) is 7.19. The van der Waals surface area contributed by atoms with E-state index in [9.17, 15) is 19.5 Å². The molecule has 0 unspecified atom stereocenters. The lowest BCUT2D eigenvalue weighted by molar-refractivity contribution is -0.137. The molecule has 2 N–H and O–H groups in total. The predicted octanol–water partition coefficient (Wildman–Crippen LogP) is 2.30. The van der Waals surface area contributed by atoms with Gasteiger partial charge in [0.25, 0.3) is 11.1 Å². The summed E-state index contributed by atoms with van der Waals surface area (Å²) < 4.78 is 5.26. The van der Waals surface area contributed by atoms with Gasteiger partial charge in [-0.25, -0.2) is 0 Å². The molecule has 7 nitrogen and oxygen atoms in total. The molecule has 0 saturated carbocycles. The summed E-state index contributed by atoms with van der Waals surface area (Å²) in [5.74, 6) is -1.33. The number of aromatic hydroxyl groups is 1. The van der Waals surface area contributed by atoms with Gasteiger partial charge in [0.05, 0.1) is 17.9 Å². The van der Waals surface area contributed by atoms with Crippen molar-refractivity contribution in [2.24, 2.45) is 0 Å². The highest BCUT2D eigenvalue weighted by Gasteiger charge is 2.35. The zero-order valence-electron chi connectivity index (χ0n) is 12.3. The van der Waals surface area contributed by atoms with Crippen LogP contribution in [0.5, 0.6) is 11.5 Å². The number of hydrogen-bond donors (Lipinski definition) is 2. The fourth-order valence-electron chi connectivity index (χ4n) is 1.94. The van der Waals surface area contributed by atoms with Crippen LogP contribution in [-0.2, 0) is 9.59 Å². The third-order valence-electron chi connectivity index (χ3n) is 3.00. The topological polar surface area (TPSA) is 104 Å². The normalized spacial score (nSPS) is 16.2. The van der Waals surface area contributed by atoms with Gasteiger partial charge in [0.15, 0.2) is 11.5 Å². The molecule has 122 valence electrons. The van der Waals surface area contributed by atoms with Crippen LogP contribution in [0.2, 0.25) is 0 Å². The number of nitrogens with zero attached hydrogens (tertiary/aromatic N) is 1. The van der Waals surface area contributed by atoms with Crippen molar-refractivity contribution in [3.63, 3.8) is 0 Å². The van der Waals surface area contributed by atoms with Gasteiger partial charge in [-0.15, -0.1) is 0 Å². The summed E-state index contributed by atoms with van der Waals surface area (Å²) >= 11 is 0.754. The van der Waals surface area contributed by atoms with Crippen molar-refractivity contribution in [1.29, 1.82) is 0 Å². The van der Waals surface area contributed by atoms with Crippen molar-refractivity contribution in [3.05, 3.63) is 28.7 Å². The molecule has 0 aliphatic carbocycles. The molecule has 1 saturated heterocycles. The van der Waals surface area contributed by atoms with Gasteiger partial charge in [-0.3, -0.25) is 19.3 Å². The Morgan fingerprint density at radius 3 is 2.78 bits per heavy atom. The van der Waals surface area contributed by atoms with Crippen LogP contribution >= 0.6 is 11.8 Å². The highest BCUT2D eigenvalue weighted by molar-refractivity contribution is 8.18. The van der Waals surface area contributed by atoms with E-state index in [1.807, 2.05) is 0 Å². The van der Waals surface area contributed by atoms with Crippen molar-refractivity contribution in [3.8, 4) is 11.5 Å². The van der Waals surface area contributed by atoms with E-state index in [-0.39, 0.29) is 29.4 Å². The summed E-state index contributed by atoms with van der Waals surface area (Å²) in [6, 6.07) is 4.58. The van der Waals surface area contributed by atoms with Crippen molar-refractivity contribution in [2.45, 2.75) is 13.3 Å². The fourth-order valence-corrected chi connectivity index (χ4v) is 2.81. The average Bonchev–Trinajstić information content (AvgIpc) is 2.75. The van der Waals surface area contributed by atoms with Crippen molar-refractivity contribution < 1.29 is 29.3 Å². The number of amides is 2. The van der Waals surface area contributed by atoms with Crippen LogP contribution in [0.3, 0.4) is 0 Å². The molecule has 23 heavy (non-hydrogen) atoms. The quantitative estimate of drug-likeness (QED) is 0.767. The van der Waals surface area contributed by atoms with Gasteiger partial charge < -0.3 is 14.9 Å². The first-order chi connectivity index (χ1) is 10.9. The first-order valence-corrected chi connectivity index (χ1v) is 7.67. The molecule has 2 amide bonds. The Hall–Kier alpha value is -2.48. The van der Waals surface area contributed by atoms with Crippen LogP contribution in [0.4, 0.5) is 4.79 Å². The average molecular weight is 337 g/mol. The van der Waals surface area contributed by atoms with E-state index in [2.05, 4.69) is 0 Å². The molecule has 0 radical (unpaired) electrons. The second-order valence-electron chi connectivity index (χ2n) is 4.64. The molecule has 1 fully saturated rings. The van der Waals surface area contributed by atoms with Crippen LogP contribution in [0.15, 0.2) is 23.1 Å². The molecule has 0 aromatic heterocycles. The number of thioether (sulfide) groups is 1. The Morgan fingerprint density at radius 2 is 2.13 bits per heavy atom. The Balaban J connectivity index is 2.20. The fraction of sp³-hybridized carbons (Fsp3) is 0.267. The van der Waals surface area contributed by atoms with Crippen molar-refractivity contribution in [1.82, 2.24) is 4.90 Å². The molecule has 8 heteroatoms. The monoisotopic (exact) mass is 337 g/mol. The van der Waals surface area contributed by atoms with Crippen LogP contribution in [0, 0.1) is 0 Å². The predicted molar refractivity (Wildman–Crippen MR) is 84.2 cm³/mol. The van der Waals surface area contributed by atoms with E-state index < -0.39 is 17.1 Å². The highest BCUT2D eigenvalue weighted by atomic mass is 32.2. The van der Waals surface area contributed by atoms with Crippen molar-refractivity contribution in [2.75, 3.05) is 13.2 Å². The number of carboxylic acids is 1. The molecular weight excluding hydrogens is 322 g/mol. The van der Waals surface area contributed by atoms with E-state index in [1.54, 1.807) is 19.1 Å². The SMILES string of the molecule is CCOc1cc(C=C2SC(=O)N(CCC(=O)O)C2=O)ccc1O. The Morgan fingerprint density at radius 1 is 1.39 bits per heavy atom. The number of carboxylic acid groups (broad SMARTS) is 1. The minimum Gasteiger partial charge on any atom is -0.504 e. The number of carbonyl (C=O) groups excluding carboxylic acids is 2. The van der Waals surface area contributed by atoms with Crippen LogP contribution in [0.25, 0.3) is 6.08 Å². The maximum atomic E-state index is 12.2. The van der Waals surface area contributed by atoms with Crippen LogP contribution in [-0.4, -0.2) is 45.4 Å². The Kier molecular flexibility index (Phi) is 5.28. The molecule has 1 aliphatic heterocycles. The summed E-state index contributed by atoms with van der Waals surface area (Å²) in [5, 5.41) is 17.8. The summed E-state index contributed by atoms with van der Waals surface area (Å²) in [6.07, 6.45) is 1.21. The van der Waals surface area contributed by atoms with Crippen LogP contribution in [0.1, 0.15) is 18.9 Å². The van der Waals surface area contributed by atoms with E-state index in [1.165, 1.54) is 12.1 Å². The lowest BCUT2D eigenvalue weighted by Gasteiger charge is -2.10. The third-order valence-corrected chi connectivity index (χ3v) is 3.91. The minimum atomic E-state index is -1.08. The lowest BCUT2D eigenvalue weighted by atomic mass is 10.2. The maximum Gasteiger partial charge on any atom is 0.305 e. The Bertz CT molecular complexity index is 685. The van der Waals surface area contributed by atoms with E-state index in [4.69, 9.17) is 9.84 Å². The summed E-state index contributed by atoms with van der Waals surface area (Å²) in [6.45, 7) is 2.00. The molecule has 1 aromatic carbocycles. The Labute approximate surface area is 136 Å². The summed E-state index contributed by atoms with van der Waals surface area (Å²) in [4.78, 5) is 35.6. The summed E-state index contributed by atoms with van der Waals surface area (Å²) in [5.41, 5.74) is 0.593. The molecule has 1 aromatic rings.